The maximum atomic E-state index is 12.4. The van der Waals surface area contributed by atoms with E-state index >= 15 is 0 Å². The van der Waals surface area contributed by atoms with Crippen LogP contribution in [0.5, 0.6) is 11.5 Å². The lowest BCUT2D eigenvalue weighted by Crippen LogP contribution is -2.53. The number of benzene rings is 1. The summed E-state index contributed by atoms with van der Waals surface area (Å²) < 4.78 is 15.7. The molecule has 0 aliphatic carbocycles. The van der Waals surface area contributed by atoms with Crippen molar-refractivity contribution in [3.8, 4) is 11.5 Å². The molecule has 2 fully saturated rings. The van der Waals surface area contributed by atoms with E-state index in [2.05, 4.69) is 0 Å². The van der Waals surface area contributed by atoms with Crippen molar-refractivity contribution in [1.29, 1.82) is 0 Å². The van der Waals surface area contributed by atoms with Gasteiger partial charge in [0.15, 0.2) is 11.5 Å². The molecule has 0 radical (unpaired) electrons. The highest BCUT2D eigenvalue weighted by Gasteiger charge is 2.38. The summed E-state index contributed by atoms with van der Waals surface area (Å²) in [6.45, 7) is 2.32. The normalized spacial score (nSPS) is 22.1. The van der Waals surface area contributed by atoms with E-state index in [4.69, 9.17) is 14.2 Å². The van der Waals surface area contributed by atoms with Crippen LogP contribution in [-0.4, -0.2) is 60.9 Å². The molecule has 4 rings (SSSR count). The van der Waals surface area contributed by atoms with Crippen LogP contribution in [0, 0.1) is 0 Å². The molecule has 2 amide bonds. The predicted octanol–water partition coefficient (Wildman–Crippen LogP) is 1.01. The first kappa shape index (κ1) is 14.2. The van der Waals surface area contributed by atoms with E-state index < -0.39 is 0 Å². The smallest absolute Gasteiger partial charge is 0.410 e. The summed E-state index contributed by atoms with van der Waals surface area (Å²) in [5.74, 6) is 1.61. The molecule has 7 heteroatoms. The van der Waals surface area contributed by atoms with E-state index in [9.17, 15) is 9.59 Å². The first-order valence-electron chi connectivity index (χ1n) is 7.80. The quantitative estimate of drug-likeness (QED) is 0.832. The lowest BCUT2D eigenvalue weighted by atomic mass is 10.1. The summed E-state index contributed by atoms with van der Waals surface area (Å²) in [5, 5.41) is 0. The number of nitrogens with zero attached hydrogens (tertiary/aromatic N) is 2. The van der Waals surface area contributed by atoms with Gasteiger partial charge in [0.25, 0.3) is 0 Å². The van der Waals surface area contributed by atoms with Crippen molar-refractivity contribution in [2.45, 2.75) is 18.9 Å². The van der Waals surface area contributed by atoms with Crippen molar-refractivity contribution >= 4 is 12.0 Å². The molecule has 0 spiro atoms. The Kier molecular flexibility index (Phi) is 3.48. The molecule has 0 unspecified atom stereocenters. The lowest BCUT2D eigenvalue weighted by molar-refractivity contribution is -0.133. The van der Waals surface area contributed by atoms with Crippen molar-refractivity contribution in [3.05, 3.63) is 23.8 Å². The highest BCUT2D eigenvalue weighted by atomic mass is 16.7. The Labute approximate surface area is 133 Å². The molecule has 0 N–H and O–H groups in total. The number of ether oxygens (including phenoxy) is 3. The molecule has 3 aliphatic heterocycles. The minimum absolute atomic E-state index is 0.00532. The van der Waals surface area contributed by atoms with Gasteiger partial charge in [-0.25, -0.2) is 4.79 Å². The van der Waals surface area contributed by atoms with Crippen LogP contribution in [-0.2, 0) is 16.0 Å². The van der Waals surface area contributed by atoms with E-state index in [1.807, 2.05) is 23.1 Å². The molecule has 3 heterocycles. The fourth-order valence-corrected chi connectivity index (χ4v) is 3.22. The van der Waals surface area contributed by atoms with Gasteiger partial charge in [-0.15, -0.1) is 0 Å². The third-order valence-corrected chi connectivity index (χ3v) is 4.53. The molecule has 122 valence electrons. The molecule has 0 bridgehead atoms. The summed E-state index contributed by atoms with van der Waals surface area (Å²) in [6.07, 6.45) is 0.846. The zero-order valence-corrected chi connectivity index (χ0v) is 12.7. The third kappa shape index (κ3) is 2.67. The third-order valence-electron chi connectivity index (χ3n) is 4.53. The Hall–Kier alpha value is -2.44. The van der Waals surface area contributed by atoms with Gasteiger partial charge >= 0.3 is 6.09 Å². The minimum Gasteiger partial charge on any atom is -0.454 e. The second-order valence-electron chi connectivity index (χ2n) is 5.95. The number of carbonyl (C=O) groups is 2. The highest BCUT2D eigenvalue weighted by Crippen LogP contribution is 2.32. The molecule has 3 aliphatic rings. The van der Waals surface area contributed by atoms with E-state index in [0.29, 0.717) is 39.1 Å². The van der Waals surface area contributed by atoms with E-state index in [1.54, 1.807) is 4.90 Å². The molecular formula is C16H18N2O5. The fourth-order valence-electron chi connectivity index (χ4n) is 3.22. The van der Waals surface area contributed by atoms with Gasteiger partial charge in [0, 0.05) is 26.1 Å². The zero-order valence-electron chi connectivity index (χ0n) is 12.7. The highest BCUT2D eigenvalue weighted by molar-refractivity contribution is 5.77. The van der Waals surface area contributed by atoms with Crippen LogP contribution in [0.1, 0.15) is 12.0 Å². The van der Waals surface area contributed by atoms with Crippen molar-refractivity contribution in [2.24, 2.45) is 0 Å². The number of amides is 2. The molecule has 0 saturated carbocycles. The monoisotopic (exact) mass is 318 g/mol. The van der Waals surface area contributed by atoms with Crippen molar-refractivity contribution in [2.75, 3.05) is 33.0 Å². The van der Waals surface area contributed by atoms with Crippen molar-refractivity contribution in [3.63, 3.8) is 0 Å². The van der Waals surface area contributed by atoms with Gasteiger partial charge in [-0.05, 0) is 24.1 Å². The predicted molar refractivity (Wildman–Crippen MR) is 79.3 cm³/mol. The van der Waals surface area contributed by atoms with Crippen LogP contribution < -0.4 is 9.47 Å². The van der Waals surface area contributed by atoms with Crippen LogP contribution in [0.2, 0.25) is 0 Å². The Morgan fingerprint density at radius 3 is 2.96 bits per heavy atom. The number of aryl methyl sites for hydroxylation is 1. The molecule has 1 aromatic carbocycles. The van der Waals surface area contributed by atoms with Gasteiger partial charge in [-0.2, -0.15) is 0 Å². The maximum Gasteiger partial charge on any atom is 0.410 e. The van der Waals surface area contributed by atoms with E-state index in [0.717, 1.165) is 17.1 Å². The molecular weight excluding hydrogens is 300 g/mol. The van der Waals surface area contributed by atoms with Gasteiger partial charge in [0.05, 0.1) is 6.04 Å². The minimum atomic E-state index is -0.262. The summed E-state index contributed by atoms with van der Waals surface area (Å²) in [4.78, 5) is 27.4. The number of cyclic esters (lactones) is 1. The Bertz CT molecular complexity index is 647. The van der Waals surface area contributed by atoms with Crippen molar-refractivity contribution < 1.29 is 23.8 Å². The lowest BCUT2D eigenvalue weighted by Gasteiger charge is -2.35. The average molecular weight is 318 g/mol. The van der Waals surface area contributed by atoms with E-state index in [-0.39, 0.29) is 24.8 Å². The van der Waals surface area contributed by atoms with E-state index in [1.165, 1.54) is 0 Å². The second-order valence-corrected chi connectivity index (χ2v) is 5.95. The zero-order chi connectivity index (χ0) is 15.8. The Morgan fingerprint density at radius 1 is 1.17 bits per heavy atom. The molecule has 2 saturated heterocycles. The van der Waals surface area contributed by atoms with Crippen molar-refractivity contribution in [1.82, 2.24) is 9.80 Å². The number of carbonyl (C=O) groups excluding carboxylic acids is 2. The van der Waals surface area contributed by atoms with Crippen LogP contribution in [0.25, 0.3) is 0 Å². The number of rotatable bonds is 3. The number of hydrogen-bond donors (Lipinski definition) is 0. The Balaban J connectivity index is 1.33. The topological polar surface area (TPSA) is 68.3 Å². The number of fused-ring (bicyclic) bond motifs is 2. The van der Waals surface area contributed by atoms with Gasteiger partial charge in [-0.3, -0.25) is 9.69 Å². The SMILES string of the molecule is O=C(CCc1ccc2c(c1)OCO2)N1CCN2C(=O)OC[C@@H]2C1. The first-order chi connectivity index (χ1) is 11.2. The van der Waals surface area contributed by atoms with Crippen LogP contribution in [0.3, 0.4) is 0 Å². The maximum absolute atomic E-state index is 12.4. The number of piperazine rings is 1. The standard InChI is InChI=1S/C16H18N2O5/c19-15(17-5-6-18-12(8-17)9-21-16(18)20)4-2-11-1-3-13-14(7-11)23-10-22-13/h1,3,7,12H,2,4-6,8-10H2/t12-/m0/s1. The van der Waals surface area contributed by atoms with Crippen LogP contribution in [0.15, 0.2) is 18.2 Å². The summed E-state index contributed by atoms with van der Waals surface area (Å²) in [5.41, 5.74) is 1.06. The molecule has 7 nitrogen and oxygen atoms in total. The molecule has 1 atom stereocenters. The summed E-state index contributed by atoms with van der Waals surface area (Å²) in [7, 11) is 0. The van der Waals surface area contributed by atoms with Gasteiger partial charge < -0.3 is 19.1 Å². The molecule has 0 aromatic heterocycles. The van der Waals surface area contributed by atoms with Gasteiger partial charge in [0.2, 0.25) is 12.7 Å². The fraction of sp³-hybridized carbons (Fsp3) is 0.500. The first-order valence-corrected chi connectivity index (χ1v) is 7.80. The second kappa shape index (κ2) is 5.64. The molecule has 23 heavy (non-hydrogen) atoms. The largest absolute Gasteiger partial charge is 0.454 e. The number of hydrogen-bond acceptors (Lipinski definition) is 5. The average Bonchev–Trinajstić information content (AvgIpc) is 3.18. The van der Waals surface area contributed by atoms with Gasteiger partial charge in [0.1, 0.15) is 6.61 Å². The summed E-state index contributed by atoms with van der Waals surface area (Å²) in [6, 6.07) is 5.77. The van der Waals surface area contributed by atoms with Gasteiger partial charge in [-0.1, -0.05) is 6.07 Å². The molecule has 1 aromatic rings. The summed E-state index contributed by atoms with van der Waals surface area (Å²) >= 11 is 0. The van der Waals surface area contributed by atoms with Crippen LogP contribution in [0.4, 0.5) is 4.79 Å². The Morgan fingerprint density at radius 2 is 2.04 bits per heavy atom. The van der Waals surface area contributed by atoms with Crippen LogP contribution >= 0.6 is 0 Å².